The molecule has 3 aliphatic rings. The molecule has 0 aromatic heterocycles. The number of rotatable bonds is 2. The highest BCUT2D eigenvalue weighted by Crippen LogP contribution is 2.50. The summed E-state index contributed by atoms with van der Waals surface area (Å²) in [6.07, 6.45) is -0.739. The minimum atomic E-state index is -4.76. The zero-order valence-corrected chi connectivity index (χ0v) is 18.4. The third kappa shape index (κ3) is 3.43. The summed E-state index contributed by atoms with van der Waals surface area (Å²) < 4.78 is 48.8. The van der Waals surface area contributed by atoms with Crippen molar-refractivity contribution < 1.29 is 27.7 Å². The molecule has 5 rings (SSSR count). The summed E-state index contributed by atoms with van der Waals surface area (Å²) in [5.74, 6) is 0. The molecule has 0 amide bonds. The molecule has 1 saturated carbocycles. The first-order chi connectivity index (χ1) is 15.1. The molecule has 0 radical (unpaired) electrons. The van der Waals surface area contributed by atoms with Crippen molar-refractivity contribution in [1.82, 2.24) is 0 Å². The van der Waals surface area contributed by atoms with Crippen LogP contribution in [0.1, 0.15) is 55.2 Å². The fourth-order valence-corrected chi connectivity index (χ4v) is 5.57. The van der Waals surface area contributed by atoms with E-state index in [1.54, 1.807) is 18.2 Å². The average molecular weight is 484 g/mol. The molecule has 168 valence electrons. The van der Waals surface area contributed by atoms with Gasteiger partial charge in [0.25, 0.3) is 5.60 Å². The van der Waals surface area contributed by atoms with Gasteiger partial charge in [0.15, 0.2) is 0 Å². The molecule has 0 bridgehead atoms. The van der Waals surface area contributed by atoms with E-state index in [4.69, 9.17) is 32.7 Å². The molecule has 2 aliphatic heterocycles. The molecule has 1 atom stereocenters. The van der Waals surface area contributed by atoms with Gasteiger partial charge in [-0.15, -0.1) is 0 Å². The Hall–Kier alpha value is -1.74. The van der Waals surface area contributed by atoms with E-state index < -0.39 is 30.9 Å². The minimum absolute atomic E-state index is 0.0797. The Morgan fingerprint density at radius 3 is 2.34 bits per heavy atom. The van der Waals surface area contributed by atoms with Crippen LogP contribution in [0.5, 0.6) is 0 Å². The van der Waals surface area contributed by atoms with Gasteiger partial charge in [-0.1, -0.05) is 59.8 Å². The minimum Gasteiger partial charge on any atom is -0.423 e. The number of hydrogen-bond donors (Lipinski definition) is 1. The lowest BCUT2D eigenvalue weighted by atomic mass is 9.74. The highest BCUT2D eigenvalue weighted by Gasteiger charge is 2.62. The van der Waals surface area contributed by atoms with E-state index in [2.05, 4.69) is 5.16 Å². The predicted octanol–water partition coefficient (Wildman–Crippen LogP) is 5.45. The van der Waals surface area contributed by atoms with Gasteiger partial charge in [-0.3, -0.25) is 0 Å². The largest absolute Gasteiger partial charge is 0.492 e. The maximum atomic E-state index is 14.3. The summed E-state index contributed by atoms with van der Waals surface area (Å²) in [5.41, 5.74) is -1.36. The molecule has 1 aliphatic carbocycles. The van der Waals surface area contributed by atoms with Crippen LogP contribution in [-0.2, 0) is 20.7 Å². The number of fused-ring (bicyclic) bond motifs is 2. The molecule has 4 nitrogen and oxygen atoms in total. The van der Waals surface area contributed by atoms with Crippen LogP contribution in [0.25, 0.3) is 0 Å². The first-order valence-corrected chi connectivity index (χ1v) is 11.2. The third-order valence-corrected chi connectivity index (χ3v) is 7.09. The van der Waals surface area contributed by atoms with Gasteiger partial charge < -0.3 is 14.5 Å². The van der Waals surface area contributed by atoms with Crippen molar-refractivity contribution in [1.29, 1.82) is 0 Å². The Morgan fingerprint density at radius 2 is 1.69 bits per heavy atom. The van der Waals surface area contributed by atoms with E-state index in [9.17, 15) is 18.2 Å². The summed E-state index contributed by atoms with van der Waals surface area (Å²) in [4.78, 5) is 5.11. The highest BCUT2D eigenvalue weighted by atomic mass is 35.5. The van der Waals surface area contributed by atoms with Gasteiger partial charge in [-0.25, -0.2) is 0 Å². The summed E-state index contributed by atoms with van der Waals surface area (Å²) >= 11 is 11.9. The molecule has 1 spiro atoms. The molecule has 1 fully saturated rings. The van der Waals surface area contributed by atoms with Crippen LogP contribution in [0.3, 0.4) is 0 Å². The maximum Gasteiger partial charge on any atom is 0.492 e. The molecule has 2 aromatic rings. The van der Waals surface area contributed by atoms with E-state index in [-0.39, 0.29) is 21.3 Å². The maximum absolute atomic E-state index is 14.3. The first-order valence-electron chi connectivity index (χ1n) is 10.4. The lowest BCUT2D eigenvalue weighted by molar-refractivity contribution is -0.275. The van der Waals surface area contributed by atoms with Gasteiger partial charge in [0.2, 0.25) is 0 Å². The van der Waals surface area contributed by atoms with Crippen molar-refractivity contribution in [3.63, 3.8) is 0 Å². The van der Waals surface area contributed by atoms with Gasteiger partial charge >= 0.3 is 13.3 Å². The van der Waals surface area contributed by atoms with Crippen LogP contribution < -0.4 is 5.46 Å². The van der Waals surface area contributed by atoms with E-state index in [0.29, 0.717) is 11.0 Å². The van der Waals surface area contributed by atoms with Crippen molar-refractivity contribution in [2.45, 2.75) is 55.9 Å². The van der Waals surface area contributed by atoms with E-state index >= 15 is 0 Å². The molecule has 2 heterocycles. The van der Waals surface area contributed by atoms with Gasteiger partial charge in [0.05, 0.1) is 11.3 Å². The zero-order valence-electron chi connectivity index (χ0n) is 16.9. The van der Waals surface area contributed by atoms with E-state index in [1.807, 2.05) is 0 Å². The number of alkyl halides is 3. The van der Waals surface area contributed by atoms with Gasteiger partial charge in [0, 0.05) is 22.0 Å². The van der Waals surface area contributed by atoms with Crippen LogP contribution in [0.4, 0.5) is 13.2 Å². The predicted molar refractivity (Wildman–Crippen MR) is 116 cm³/mol. The Bertz CT molecular complexity index is 1080. The molecule has 32 heavy (non-hydrogen) atoms. The van der Waals surface area contributed by atoms with Crippen molar-refractivity contribution in [2.75, 3.05) is 0 Å². The summed E-state index contributed by atoms with van der Waals surface area (Å²) in [6.45, 7) is 0. The Labute approximate surface area is 193 Å². The summed E-state index contributed by atoms with van der Waals surface area (Å²) in [6, 6.07) is 8.89. The van der Waals surface area contributed by atoms with Crippen LogP contribution in [0.2, 0.25) is 10.0 Å². The Morgan fingerprint density at radius 1 is 1.00 bits per heavy atom. The van der Waals surface area contributed by atoms with Crippen LogP contribution in [0, 0.1) is 0 Å². The van der Waals surface area contributed by atoms with Crippen LogP contribution in [-0.4, -0.2) is 24.0 Å². The molecular formula is C22H19BCl2F3NO3. The van der Waals surface area contributed by atoms with Crippen molar-refractivity contribution in [3.05, 3.63) is 63.1 Å². The quantitative estimate of drug-likeness (QED) is 0.577. The number of nitrogens with zero attached hydrogens (tertiary/aromatic N) is 1. The van der Waals surface area contributed by atoms with Gasteiger partial charge in [0.1, 0.15) is 0 Å². The molecule has 2 aromatic carbocycles. The van der Waals surface area contributed by atoms with Crippen molar-refractivity contribution in [3.8, 4) is 0 Å². The van der Waals surface area contributed by atoms with Crippen LogP contribution in [0.15, 0.2) is 41.6 Å². The third-order valence-electron chi connectivity index (χ3n) is 6.66. The standard InChI is InChI=1S/C22H19BCl2F3NO3/c24-15-9-14(10-16(25)11-15)21(22(26,27)28)12-19(29-32-21)13-4-5-18-17(8-13)20(31-23(18)30)6-2-1-3-7-20/h4-5,8-11,30H,1-3,6-7,12H2. The monoisotopic (exact) mass is 483 g/mol. The second-order valence-corrected chi connectivity index (χ2v) is 9.49. The van der Waals surface area contributed by atoms with Crippen LogP contribution >= 0.6 is 23.2 Å². The SMILES string of the molecule is OB1OC2(CCCCC2)c2cc(C3=NOC(c4cc(Cl)cc(Cl)c4)(C(F)(F)F)C3)ccc21. The molecule has 1 unspecified atom stereocenters. The van der Waals surface area contributed by atoms with Crippen molar-refractivity contribution in [2.24, 2.45) is 5.16 Å². The molecular weight excluding hydrogens is 465 g/mol. The van der Waals surface area contributed by atoms with E-state index in [1.165, 1.54) is 18.2 Å². The zero-order chi connectivity index (χ0) is 22.7. The fourth-order valence-electron chi connectivity index (χ4n) is 5.04. The normalized spacial score (nSPS) is 24.4. The second-order valence-electron chi connectivity index (χ2n) is 8.62. The lowest BCUT2D eigenvalue weighted by Crippen LogP contribution is -2.42. The second kappa shape index (κ2) is 7.65. The average Bonchev–Trinajstić information content (AvgIpc) is 3.29. The number of hydrogen-bond acceptors (Lipinski definition) is 4. The topological polar surface area (TPSA) is 51.0 Å². The van der Waals surface area contributed by atoms with E-state index in [0.717, 1.165) is 37.7 Å². The molecule has 1 N–H and O–H groups in total. The lowest BCUT2D eigenvalue weighted by Gasteiger charge is -2.34. The molecule has 10 heteroatoms. The summed E-state index contributed by atoms with van der Waals surface area (Å²) in [5, 5.41) is 14.4. The fraction of sp³-hybridized carbons (Fsp3) is 0.409. The Kier molecular flexibility index (Phi) is 5.28. The van der Waals surface area contributed by atoms with Crippen molar-refractivity contribution >= 4 is 41.5 Å². The smallest absolute Gasteiger partial charge is 0.423 e. The number of halogens is 5. The Balaban J connectivity index is 1.53. The number of oxime groups is 1. The highest BCUT2D eigenvalue weighted by molar-refractivity contribution is 6.62. The first kappa shape index (κ1) is 22.1. The van der Waals surface area contributed by atoms with Gasteiger partial charge in [-0.05, 0) is 53.7 Å². The summed E-state index contributed by atoms with van der Waals surface area (Å²) in [7, 11) is -1.04. The van der Waals surface area contributed by atoms with Gasteiger partial charge in [-0.2, -0.15) is 13.2 Å². The number of benzene rings is 2. The molecule has 0 saturated heterocycles.